The van der Waals surface area contributed by atoms with E-state index in [4.69, 9.17) is 29.4 Å². The van der Waals surface area contributed by atoms with Crippen LogP contribution >= 0.6 is 0 Å². The highest BCUT2D eigenvalue weighted by Crippen LogP contribution is 2.27. The number of nitrogens with zero attached hydrogens (tertiary/aromatic N) is 8. The Hall–Kier alpha value is -6.07. The van der Waals surface area contributed by atoms with Gasteiger partial charge in [0.05, 0.1) is 79.7 Å². The van der Waals surface area contributed by atoms with Crippen molar-refractivity contribution >= 4 is 39.6 Å². The monoisotopic (exact) mass is 738 g/mol. The fourth-order valence-corrected chi connectivity index (χ4v) is 6.79. The third-order valence-electron chi connectivity index (χ3n) is 9.92. The average molecular weight is 739 g/mol. The van der Waals surface area contributed by atoms with Crippen LogP contribution in [-0.2, 0) is 14.2 Å². The number of morpholine rings is 3. The summed E-state index contributed by atoms with van der Waals surface area (Å²) in [5, 5.41) is 8.85. The Morgan fingerprint density at radius 1 is 0.582 bits per heavy atom. The minimum Gasteiger partial charge on any atom is -0.378 e. The van der Waals surface area contributed by atoms with Gasteiger partial charge in [-0.2, -0.15) is 5.26 Å². The van der Waals surface area contributed by atoms with Gasteiger partial charge in [0.2, 0.25) is 0 Å². The molecule has 4 aromatic carbocycles. The molecule has 0 atom stereocenters. The maximum atomic E-state index is 13.9. The number of hydrogen-bond acceptors (Lipinski definition) is 11. The van der Waals surface area contributed by atoms with Crippen LogP contribution in [0.2, 0.25) is 0 Å². The summed E-state index contributed by atoms with van der Waals surface area (Å²) < 4.78 is 30.0. The van der Waals surface area contributed by atoms with Crippen LogP contribution in [0.3, 0.4) is 0 Å². The van der Waals surface area contributed by atoms with E-state index in [2.05, 4.69) is 25.8 Å². The highest BCUT2D eigenvalue weighted by atomic mass is 19.1. The van der Waals surface area contributed by atoms with E-state index in [-0.39, 0.29) is 11.5 Å². The van der Waals surface area contributed by atoms with E-state index in [0.29, 0.717) is 50.6 Å². The van der Waals surface area contributed by atoms with E-state index in [1.807, 2.05) is 71.8 Å². The Kier molecular flexibility index (Phi) is 10.8. The molecule has 13 heteroatoms. The van der Waals surface area contributed by atoms with Gasteiger partial charge in [-0.05, 0) is 70.8 Å². The van der Waals surface area contributed by atoms with Gasteiger partial charge in [0.1, 0.15) is 23.5 Å². The van der Waals surface area contributed by atoms with Gasteiger partial charge in [0.25, 0.3) is 5.91 Å². The first-order valence-electron chi connectivity index (χ1n) is 18.4. The number of nitriles is 1. The molecule has 0 saturated carbocycles. The molecule has 0 radical (unpaired) electrons. The van der Waals surface area contributed by atoms with Crippen molar-refractivity contribution < 1.29 is 23.4 Å². The molecule has 0 N–H and O–H groups in total. The largest absolute Gasteiger partial charge is 0.378 e. The summed E-state index contributed by atoms with van der Waals surface area (Å²) in [4.78, 5) is 37.4. The first kappa shape index (κ1) is 35.9. The van der Waals surface area contributed by atoms with Gasteiger partial charge < -0.3 is 28.9 Å². The summed E-state index contributed by atoms with van der Waals surface area (Å²) in [6, 6.07) is 26.0. The summed E-state index contributed by atoms with van der Waals surface area (Å²) in [5.41, 5.74) is 7.67. The molecule has 12 nitrogen and oxygen atoms in total. The second-order valence-corrected chi connectivity index (χ2v) is 13.4. The Bertz CT molecular complexity index is 2350. The molecule has 1 amide bonds. The molecule has 0 unspecified atom stereocenters. The van der Waals surface area contributed by atoms with Gasteiger partial charge in [-0.3, -0.25) is 14.8 Å². The van der Waals surface area contributed by atoms with Crippen molar-refractivity contribution in [2.45, 2.75) is 0 Å². The lowest BCUT2D eigenvalue weighted by atomic mass is 10.0. The number of carbonyl (C=O) groups excluding carboxylic acids is 1. The van der Waals surface area contributed by atoms with Crippen molar-refractivity contribution in [2.24, 2.45) is 0 Å². The van der Waals surface area contributed by atoms with Crippen LogP contribution in [-0.4, -0.2) is 110 Å². The zero-order chi connectivity index (χ0) is 37.6. The zero-order valence-electron chi connectivity index (χ0n) is 30.2. The lowest BCUT2D eigenvalue weighted by Crippen LogP contribution is -2.40. The molecular formula is C42H39FN8O4. The highest BCUT2D eigenvalue weighted by molar-refractivity contribution is 5.95. The molecule has 2 aromatic heterocycles. The van der Waals surface area contributed by atoms with Gasteiger partial charge in [-0.15, -0.1) is 0 Å². The van der Waals surface area contributed by atoms with Crippen LogP contribution in [0.5, 0.6) is 0 Å². The number of benzene rings is 4. The van der Waals surface area contributed by atoms with Crippen molar-refractivity contribution in [3.05, 3.63) is 108 Å². The summed E-state index contributed by atoms with van der Waals surface area (Å²) in [6.45, 7) is 8.56. The number of rotatable bonds is 5. The minimum absolute atomic E-state index is 0.0407. The zero-order valence-corrected chi connectivity index (χ0v) is 30.2. The van der Waals surface area contributed by atoms with E-state index in [9.17, 15) is 9.18 Å². The molecule has 3 aliphatic heterocycles. The topological polar surface area (TPSA) is 130 Å². The Morgan fingerprint density at radius 2 is 1.04 bits per heavy atom. The van der Waals surface area contributed by atoms with Crippen LogP contribution in [0, 0.1) is 17.1 Å². The Balaban J connectivity index is 0.000000158. The Morgan fingerprint density at radius 3 is 1.55 bits per heavy atom. The number of halogens is 1. The average Bonchev–Trinajstić information content (AvgIpc) is 3.26. The lowest BCUT2D eigenvalue weighted by Gasteiger charge is -2.27. The number of aromatic nitrogens is 4. The summed E-state index contributed by atoms with van der Waals surface area (Å²) >= 11 is 0. The molecule has 0 aliphatic carbocycles. The molecule has 0 spiro atoms. The van der Waals surface area contributed by atoms with E-state index >= 15 is 0 Å². The van der Waals surface area contributed by atoms with Gasteiger partial charge in [0.15, 0.2) is 0 Å². The molecule has 5 heterocycles. The van der Waals surface area contributed by atoms with Crippen molar-refractivity contribution in [3.8, 4) is 28.3 Å². The Labute approximate surface area is 317 Å². The fourth-order valence-electron chi connectivity index (χ4n) is 6.79. The highest BCUT2D eigenvalue weighted by Gasteiger charge is 2.19. The summed E-state index contributed by atoms with van der Waals surface area (Å²) in [6.07, 6.45) is 3.61. The molecule has 55 heavy (non-hydrogen) atoms. The summed E-state index contributed by atoms with van der Waals surface area (Å²) in [5.74, 6) is 1.24. The van der Waals surface area contributed by atoms with Crippen LogP contribution in [0.15, 0.2) is 91.3 Å². The molecule has 6 aromatic rings. The number of anilines is 2. The number of amides is 1. The molecule has 278 valence electrons. The quantitative estimate of drug-likeness (QED) is 0.214. The van der Waals surface area contributed by atoms with Gasteiger partial charge in [0, 0.05) is 44.8 Å². The molecule has 3 aliphatic rings. The number of hydrogen-bond donors (Lipinski definition) is 0. The molecule has 0 bridgehead atoms. The number of fused-ring (bicyclic) bond motifs is 2. The van der Waals surface area contributed by atoms with Crippen molar-refractivity contribution in [3.63, 3.8) is 0 Å². The number of carbonyl (C=O) groups is 1. The van der Waals surface area contributed by atoms with E-state index in [1.54, 1.807) is 12.3 Å². The maximum absolute atomic E-state index is 13.9. The first-order valence-corrected chi connectivity index (χ1v) is 18.4. The second-order valence-electron chi connectivity index (χ2n) is 13.4. The van der Waals surface area contributed by atoms with E-state index < -0.39 is 5.82 Å². The molecule has 3 fully saturated rings. The van der Waals surface area contributed by atoms with Gasteiger partial charge >= 0.3 is 0 Å². The SMILES string of the molecule is N#Cc1ccc(-c2ccc3ncc(N4CCOCC4)nc3c2)cc1F.O=C(c1ccc(-c2ccc3ncc(N4CCOCC4)nc3c2)cc1)N1CCOCC1. The van der Waals surface area contributed by atoms with Gasteiger partial charge in [-0.1, -0.05) is 30.3 Å². The fraction of sp³-hybridized carbons (Fsp3) is 0.286. The van der Waals surface area contributed by atoms with Crippen molar-refractivity contribution in [1.82, 2.24) is 24.8 Å². The van der Waals surface area contributed by atoms with Gasteiger partial charge in [-0.25, -0.2) is 14.4 Å². The van der Waals surface area contributed by atoms with Crippen molar-refractivity contribution in [2.75, 3.05) is 88.7 Å². The smallest absolute Gasteiger partial charge is 0.254 e. The third-order valence-corrected chi connectivity index (χ3v) is 9.92. The van der Waals surface area contributed by atoms with Crippen LogP contribution < -0.4 is 9.80 Å². The third kappa shape index (κ3) is 8.22. The predicted octanol–water partition coefficient (Wildman–Crippen LogP) is 5.75. The predicted molar refractivity (Wildman–Crippen MR) is 207 cm³/mol. The van der Waals surface area contributed by atoms with Crippen LogP contribution in [0.4, 0.5) is 16.0 Å². The van der Waals surface area contributed by atoms with Crippen molar-refractivity contribution in [1.29, 1.82) is 5.26 Å². The molecule has 3 saturated heterocycles. The molecular weight excluding hydrogens is 700 g/mol. The second kappa shape index (κ2) is 16.5. The normalized spacial score (nSPS) is 16.0. The standard InChI is InChI=1S/C23H24N4O3.C19H15FN4O/c28-23(27-9-13-30-14-10-27)18-3-1-17(2-4-18)19-5-6-20-21(15-19)25-22(16-24-20)26-7-11-29-12-8-26;20-16-9-13(1-2-15(16)11-21)14-3-4-17-18(10-14)23-19(12-22-17)24-5-7-25-8-6-24/h1-6,15-16H,7-14H2;1-4,9-10,12H,5-8H2. The van der Waals surface area contributed by atoms with Crippen LogP contribution in [0.1, 0.15) is 15.9 Å². The van der Waals surface area contributed by atoms with E-state index in [1.165, 1.54) is 12.1 Å². The first-order chi connectivity index (χ1) is 27.0. The number of ether oxygens (including phenoxy) is 3. The summed E-state index contributed by atoms with van der Waals surface area (Å²) in [7, 11) is 0. The lowest BCUT2D eigenvalue weighted by molar-refractivity contribution is 0.0303. The molecule has 9 rings (SSSR count). The van der Waals surface area contributed by atoms with E-state index in [0.717, 1.165) is 89.8 Å². The maximum Gasteiger partial charge on any atom is 0.254 e. The minimum atomic E-state index is -0.520. The van der Waals surface area contributed by atoms with Crippen LogP contribution in [0.25, 0.3) is 44.3 Å².